The largest absolute Gasteiger partial charge is 0.458 e. The highest BCUT2D eigenvalue weighted by Gasteiger charge is 2.25. The minimum absolute atomic E-state index is 0.338. The number of carbonyl (C=O) groups excluding carboxylic acids is 3. The third kappa shape index (κ3) is 5.72. The molecule has 1 aromatic rings. The predicted molar refractivity (Wildman–Crippen MR) is 83.6 cm³/mol. The molecule has 0 saturated carbocycles. The lowest BCUT2D eigenvalue weighted by atomic mass is 10.2. The van der Waals surface area contributed by atoms with Gasteiger partial charge in [0.1, 0.15) is 23.4 Å². The van der Waals surface area contributed by atoms with Crippen molar-refractivity contribution in [2.45, 2.75) is 52.3 Å². The number of hydrogen-bond donors (Lipinski definition) is 2. The average molecular weight is 324 g/mol. The van der Waals surface area contributed by atoms with Crippen LogP contribution in [-0.4, -0.2) is 45.2 Å². The first-order chi connectivity index (χ1) is 10.5. The van der Waals surface area contributed by atoms with Gasteiger partial charge < -0.3 is 15.4 Å². The molecule has 1 heterocycles. The van der Waals surface area contributed by atoms with Crippen molar-refractivity contribution < 1.29 is 19.1 Å². The first kappa shape index (κ1) is 18.7. The average Bonchev–Trinajstić information content (AvgIpc) is 2.82. The Kier molecular flexibility index (Phi) is 5.89. The summed E-state index contributed by atoms with van der Waals surface area (Å²) in [5.74, 6) is -1.42. The highest BCUT2D eigenvalue weighted by atomic mass is 16.6. The lowest BCUT2D eigenvalue weighted by Gasteiger charge is -2.23. The fourth-order valence-electron chi connectivity index (χ4n) is 1.72. The molecule has 0 aliphatic rings. The lowest BCUT2D eigenvalue weighted by Crippen LogP contribution is -2.50. The Morgan fingerprint density at radius 1 is 1.17 bits per heavy atom. The summed E-state index contributed by atoms with van der Waals surface area (Å²) in [6.45, 7) is 8.30. The summed E-state index contributed by atoms with van der Waals surface area (Å²) >= 11 is 0. The number of nitrogens with zero attached hydrogens (tertiary/aromatic N) is 2. The van der Waals surface area contributed by atoms with E-state index in [-0.39, 0.29) is 0 Å². The van der Waals surface area contributed by atoms with Gasteiger partial charge in [-0.2, -0.15) is 5.10 Å². The van der Waals surface area contributed by atoms with Crippen LogP contribution < -0.4 is 10.6 Å². The molecule has 0 aliphatic heterocycles. The third-order valence-corrected chi connectivity index (χ3v) is 2.91. The van der Waals surface area contributed by atoms with Crippen molar-refractivity contribution in [1.29, 1.82) is 0 Å². The van der Waals surface area contributed by atoms with E-state index in [0.717, 1.165) is 0 Å². The minimum Gasteiger partial charge on any atom is -0.458 e. The number of aromatic nitrogens is 2. The summed E-state index contributed by atoms with van der Waals surface area (Å²) in [5.41, 5.74) is -0.292. The molecule has 8 nitrogen and oxygen atoms in total. The molecular weight excluding hydrogens is 300 g/mol. The standard InChI is InChI=1S/C15H24N4O4/c1-9(17-13(21)11-7-8-16-19(11)6)12(20)18-10(2)14(22)23-15(3,4)5/h7-10H,1-6H3,(H,17,21)(H,18,20)/t9-,10?/m0/s1. The summed E-state index contributed by atoms with van der Waals surface area (Å²) in [6, 6.07) is -0.0661. The third-order valence-electron chi connectivity index (χ3n) is 2.91. The number of hydrogen-bond acceptors (Lipinski definition) is 5. The molecule has 23 heavy (non-hydrogen) atoms. The molecule has 2 N–H and O–H groups in total. The summed E-state index contributed by atoms with van der Waals surface area (Å²) in [5, 5.41) is 8.96. The Labute approximate surface area is 135 Å². The molecule has 0 aliphatic carbocycles. The summed E-state index contributed by atoms with van der Waals surface area (Å²) in [4.78, 5) is 35.9. The van der Waals surface area contributed by atoms with E-state index >= 15 is 0 Å². The van der Waals surface area contributed by atoms with E-state index in [1.807, 2.05) is 0 Å². The SMILES string of the molecule is CC(NC(=O)[C@H](C)NC(=O)c1ccnn1C)C(=O)OC(C)(C)C. The summed E-state index contributed by atoms with van der Waals surface area (Å²) < 4.78 is 6.59. The van der Waals surface area contributed by atoms with E-state index in [2.05, 4.69) is 15.7 Å². The van der Waals surface area contributed by atoms with Crippen molar-refractivity contribution in [3.05, 3.63) is 18.0 Å². The maximum absolute atomic E-state index is 12.1. The Bertz CT molecular complexity index is 589. The number of aryl methyl sites for hydroxylation is 1. The fourth-order valence-corrected chi connectivity index (χ4v) is 1.72. The second-order valence-corrected chi connectivity index (χ2v) is 6.30. The maximum atomic E-state index is 12.1. The fraction of sp³-hybridized carbons (Fsp3) is 0.600. The van der Waals surface area contributed by atoms with Gasteiger partial charge in [-0.25, -0.2) is 4.79 Å². The Morgan fingerprint density at radius 2 is 1.78 bits per heavy atom. The van der Waals surface area contributed by atoms with Crippen LogP contribution >= 0.6 is 0 Å². The Balaban J connectivity index is 2.55. The Morgan fingerprint density at radius 3 is 2.26 bits per heavy atom. The highest BCUT2D eigenvalue weighted by molar-refractivity contribution is 5.96. The van der Waals surface area contributed by atoms with Crippen LogP contribution in [0.5, 0.6) is 0 Å². The highest BCUT2D eigenvalue weighted by Crippen LogP contribution is 2.08. The molecule has 8 heteroatoms. The van der Waals surface area contributed by atoms with Crippen molar-refractivity contribution in [3.8, 4) is 0 Å². The number of rotatable bonds is 5. The van der Waals surface area contributed by atoms with Gasteiger partial charge >= 0.3 is 5.97 Å². The van der Waals surface area contributed by atoms with E-state index in [4.69, 9.17) is 4.74 Å². The molecule has 0 aromatic carbocycles. The van der Waals surface area contributed by atoms with Gasteiger partial charge in [0.05, 0.1) is 0 Å². The van der Waals surface area contributed by atoms with Gasteiger partial charge in [-0.15, -0.1) is 0 Å². The smallest absolute Gasteiger partial charge is 0.328 e. The predicted octanol–water partition coefficient (Wildman–Crippen LogP) is 0.385. The van der Waals surface area contributed by atoms with Crippen LogP contribution in [0.15, 0.2) is 12.3 Å². The molecule has 128 valence electrons. The van der Waals surface area contributed by atoms with Crippen molar-refractivity contribution >= 4 is 17.8 Å². The zero-order valence-corrected chi connectivity index (χ0v) is 14.3. The summed E-state index contributed by atoms with van der Waals surface area (Å²) in [6.07, 6.45) is 1.49. The zero-order chi connectivity index (χ0) is 17.8. The van der Waals surface area contributed by atoms with Crippen LogP contribution in [-0.2, 0) is 21.4 Å². The van der Waals surface area contributed by atoms with Gasteiger partial charge in [-0.1, -0.05) is 0 Å². The number of carbonyl (C=O) groups is 3. The van der Waals surface area contributed by atoms with Crippen LogP contribution in [0.4, 0.5) is 0 Å². The number of nitrogens with one attached hydrogen (secondary N) is 2. The van der Waals surface area contributed by atoms with Crippen molar-refractivity contribution in [2.75, 3.05) is 0 Å². The van der Waals surface area contributed by atoms with Gasteiger partial charge in [-0.05, 0) is 40.7 Å². The van der Waals surface area contributed by atoms with Crippen LogP contribution in [0.1, 0.15) is 45.1 Å². The molecule has 2 atom stereocenters. The van der Waals surface area contributed by atoms with Gasteiger partial charge in [0.2, 0.25) is 5.91 Å². The molecular formula is C15H24N4O4. The van der Waals surface area contributed by atoms with Crippen molar-refractivity contribution in [2.24, 2.45) is 7.05 Å². The number of amides is 2. The minimum atomic E-state index is -0.808. The van der Waals surface area contributed by atoms with E-state index in [1.54, 1.807) is 33.9 Å². The normalized spacial score (nSPS) is 13.8. The molecule has 0 radical (unpaired) electrons. The van der Waals surface area contributed by atoms with Gasteiger partial charge in [0, 0.05) is 13.2 Å². The van der Waals surface area contributed by atoms with E-state index < -0.39 is 35.5 Å². The molecule has 0 bridgehead atoms. The molecule has 0 saturated heterocycles. The summed E-state index contributed by atoms with van der Waals surface area (Å²) in [7, 11) is 1.63. The van der Waals surface area contributed by atoms with Crippen molar-refractivity contribution in [3.63, 3.8) is 0 Å². The van der Waals surface area contributed by atoms with Gasteiger partial charge in [0.25, 0.3) is 5.91 Å². The quantitative estimate of drug-likeness (QED) is 0.763. The van der Waals surface area contributed by atoms with Gasteiger partial charge in [-0.3, -0.25) is 14.3 Å². The van der Waals surface area contributed by atoms with E-state index in [9.17, 15) is 14.4 Å². The first-order valence-corrected chi connectivity index (χ1v) is 7.33. The molecule has 0 spiro atoms. The zero-order valence-electron chi connectivity index (χ0n) is 14.3. The molecule has 1 aromatic heterocycles. The van der Waals surface area contributed by atoms with E-state index in [1.165, 1.54) is 24.7 Å². The molecule has 2 amide bonds. The molecule has 1 rings (SSSR count). The number of ether oxygens (including phenoxy) is 1. The topological polar surface area (TPSA) is 102 Å². The maximum Gasteiger partial charge on any atom is 0.328 e. The van der Waals surface area contributed by atoms with Crippen LogP contribution in [0.25, 0.3) is 0 Å². The van der Waals surface area contributed by atoms with E-state index in [0.29, 0.717) is 5.69 Å². The van der Waals surface area contributed by atoms with Crippen LogP contribution in [0.2, 0.25) is 0 Å². The molecule has 0 fully saturated rings. The number of esters is 1. The van der Waals surface area contributed by atoms with Crippen LogP contribution in [0.3, 0.4) is 0 Å². The molecule has 1 unspecified atom stereocenters. The second-order valence-electron chi connectivity index (χ2n) is 6.30. The van der Waals surface area contributed by atoms with Crippen LogP contribution in [0, 0.1) is 0 Å². The monoisotopic (exact) mass is 324 g/mol. The lowest BCUT2D eigenvalue weighted by molar-refractivity contribution is -0.158. The van der Waals surface area contributed by atoms with Gasteiger partial charge in [0.15, 0.2) is 0 Å². The van der Waals surface area contributed by atoms with Crippen molar-refractivity contribution in [1.82, 2.24) is 20.4 Å². The first-order valence-electron chi connectivity index (χ1n) is 7.33. The second kappa shape index (κ2) is 7.26. The Hall–Kier alpha value is -2.38.